The van der Waals surface area contributed by atoms with E-state index in [9.17, 15) is 0 Å². The van der Waals surface area contributed by atoms with Crippen molar-refractivity contribution in [2.45, 2.75) is 110 Å². The highest BCUT2D eigenvalue weighted by Gasteiger charge is 2.32. The normalized spacial score (nSPS) is 30.3. The largest absolute Gasteiger partial charge is 0.348 e. The zero-order valence-electron chi connectivity index (χ0n) is 23.8. The zero-order chi connectivity index (χ0) is 26.3. The Balaban J connectivity index is 1.11. The number of halogens is 1. The predicted molar refractivity (Wildman–Crippen MR) is 155 cm³/mol. The van der Waals surface area contributed by atoms with Gasteiger partial charge in [-0.1, -0.05) is 95.2 Å². The van der Waals surface area contributed by atoms with Gasteiger partial charge < -0.3 is 9.47 Å². The van der Waals surface area contributed by atoms with Gasteiger partial charge in [-0.05, 0) is 85.0 Å². The average molecular weight is 521 g/mol. The average Bonchev–Trinajstić information content (AvgIpc) is 2.98. The van der Waals surface area contributed by atoms with Gasteiger partial charge in [-0.25, -0.2) is 4.39 Å². The highest BCUT2D eigenvalue weighted by Crippen LogP contribution is 2.40. The maximum Gasteiger partial charge on any atom is 0.183 e. The molecule has 38 heavy (non-hydrogen) atoms. The highest BCUT2D eigenvalue weighted by atomic mass is 19.1. The third-order valence-corrected chi connectivity index (χ3v) is 10.1. The summed E-state index contributed by atoms with van der Waals surface area (Å²) in [6, 6.07) is 14.2. The van der Waals surface area contributed by atoms with E-state index >= 15 is 4.39 Å². The standard InChI is InChI=1S/C35H49FO2/c1-3-5-6-7-26-10-12-28(13-11-26)32-23-37-35(38-24-32)30-18-16-27(17-19-30)31-20-21-33(34(36)22-31)29-14-8-25(4-2)9-15-29/h16-22,25-26,28-29,32,35H,3-15,23-24H2,1-2H3. The van der Waals surface area contributed by atoms with E-state index in [1.807, 2.05) is 6.07 Å². The van der Waals surface area contributed by atoms with Crippen molar-refractivity contribution in [3.8, 4) is 11.1 Å². The lowest BCUT2D eigenvalue weighted by Crippen LogP contribution is -2.34. The predicted octanol–water partition coefficient (Wildman–Crippen LogP) is 10.2. The summed E-state index contributed by atoms with van der Waals surface area (Å²) in [6.45, 7) is 6.16. The lowest BCUT2D eigenvalue weighted by Gasteiger charge is -2.38. The second-order valence-corrected chi connectivity index (χ2v) is 12.5. The van der Waals surface area contributed by atoms with Gasteiger partial charge in [0.25, 0.3) is 0 Å². The number of rotatable bonds is 9. The number of benzene rings is 2. The summed E-state index contributed by atoms with van der Waals surface area (Å²) in [4.78, 5) is 0. The van der Waals surface area contributed by atoms with E-state index in [0.717, 1.165) is 66.1 Å². The summed E-state index contributed by atoms with van der Waals surface area (Å²) < 4.78 is 27.5. The lowest BCUT2D eigenvalue weighted by molar-refractivity contribution is -0.214. The Morgan fingerprint density at radius 1 is 0.711 bits per heavy atom. The van der Waals surface area contributed by atoms with Gasteiger partial charge in [0.2, 0.25) is 0 Å². The van der Waals surface area contributed by atoms with Crippen molar-refractivity contribution in [3.63, 3.8) is 0 Å². The zero-order valence-corrected chi connectivity index (χ0v) is 23.8. The summed E-state index contributed by atoms with van der Waals surface area (Å²) >= 11 is 0. The van der Waals surface area contributed by atoms with Crippen LogP contribution in [0.4, 0.5) is 4.39 Å². The van der Waals surface area contributed by atoms with Crippen LogP contribution in [-0.2, 0) is 9.47 Å². The molecule has 208 valence electrons. The molecule has 5 rings (SSSR count). The Bertz CT molecular complexity index is 977. The molecule has 0 atom stereocenters. The van der Waals surface area contributed by atoms with Crippen molar-refractivity contribution >= 4 is 0 Å². The molecule has 0 N–H and O–H groups in total. The van der Waals surface area contributed by atoms with Crippen molar-refractivity contribution < 1.29 is 13.9 Å². The van der Waals surface area contributed by atoms with E-state index < -0.39 is 0 Å². The summed E-state index contributed by atoms with van der Waals surface area (Å²) in [6.07, 6.45) is 16.6. The molecule has 0 unspecified atom stereocenters. The van der Waals surface area contributed by atoms with Gasteiger partial charge >= 0.3 is 0 Å². The third-order valence-electron chi connectivity index (χ3n) is 10.1. The van der Waals surface area contributed by atoms with Crippen LogP contribution in [0.2, 0.25) is 0 Å². The first-order valence-electron chi connectivity index (χ1n) is 15.8. The van der Waals surface area contributed by atoms with Crippen LogP contribution in [0.5, 0.6) is 0 Å². The van der Waals surface area contributed by atoms with Crippen molar-refractivity contribution in [3.05, 3.63) is 59.4 Å². The molecule has 3 heteroatoms. The molecule has 2 aromatic rings. The smallest absolute Gasteiger partial charge is 0.183 e. The van der Waals surface area contributed by atoms with Crippen molar-refractivity contribution in [1.82, 2.24) is 0 Å². The Morgan fingerprint density at radius 3 is 2.00 bits per heavy atom. The maximum absolute atomic E-state index is 15.1. The summed E-state index contributed by atoms with van der Waals surface area (Å²) in [7, 11) is 0. The minimum Gasteiger partial charge on any atom is -0.348 e. The summed E-state index contributed by atoms with van der Waals surface area (Å²) in [5.74, 6) is 3.38. The molecule has 1 aliphatic heterocycles. The third kappa shape index (κ3) is 6.89. The molecule has 2 aliphatic carbocycles. The molecule has 3 aliphatic rings. The van der Waals surface area contributed by atoms with Gasteiger partial charge in [0.1, 0.15) is 5.82 Å². The topological polar surface area (TPSA) is 18.5 Å². The molecule has 2 saturated carbocycles. The van der Waals surface area contributed by atoms with Crippen LogP contribution in [-0.4, -0.2) is 13.2 Å². The van der Waals surface area contributed by atoms with Crippen LogP contribution in [0.1, 0.15) is 121 Å². The van der Waals surface area contributed by atoms with Crippen LogP contribution >= 0.6 is 0 Å². The molecule has 0 amide bonds. The quantitative estimate of drug-likeness (QED) is 0.306. The van der Waals surface area contributed by atoms with E-state index in [0.29, 0.717) is 11.8 Å². The van der Waals surface area contributed by atoms with Gasteiger partial charge in [0.15, 0.2) is 6.29 Å². The van der Waals surface area contributed by atoms with Gasteiger partial charge in [-0.2, -0.15) is 0 Å². The monoisotopic (exact) mass is 520 g/mol. The van der Waals surface area contributed by atoms with Gasteiger partial charge in [-0.3, -0.25) is 0 Å². The summed E-state index contributed by atoms with van der Waals surface area (Å²) in [5, 5.41) is 0. The Morgan fingerprint density at radius 2 is 1.37 bits per heavy atom. The van der Waals surface area contributed by atoms with Gasteiger partial charge in [0.05, 0.1) is 13.2 Å². The first-order valence-corrected chi connectivity index (χ1v) is 15.8. The van der Waals surface area contributed by atoms with E-state index in [1.54, 1.807) is 6.07 Å². The molecule has 2 nitrogen and oxygen atoms in total. The van der Waals surface area contributed by atoms with Crippen molar-refractivity contribution in [2.24, 2.45) is 23.7 Å². The van der Waals surface area contributed by atoms with E-state index in [-0.39, 0.29) is 12.1 Å². The van der Waals surface area contributed by atoms with E-state index in [2.05, 4.69) is 44.2 Å². The van der Waals surface area contributed by atoms with Gasteiger partial charge in [-0.15, -0.1) is 0 Å². The molecule has 0 radical (unpaired) electrons. The van der Waals surface area contributed by atoms with Crippen LogP contribution in [0.15, 0.2) is 42.5 Å². The fraction of sp³-hybridized carbons (Fsp3) is 0.657. The SMILES string of the molecule is CCCCCC1CCC(C2COC(c3ccc(-c4ccc(C5CCC(CC)CC5)c(F)c4)cc3)OC2)CC1. The van der Waals surface area contributed by atoms with Crippen molar-refractivity contribution in [1.29, 1.82) is 0 Å². The molecule has 3 fully saturated rings. The fourth-order valence-corrected chi connectivity index (χ4v) is 7.37. The molecular formula is C35H49FO2. The highest BCUT2D eigenvalue weighted by molar-refractivity contribution is 5.64. The molecule has 0 bridgehead atoms. The molecule has 0 spiro atoms. The minimum absolute atomic E-state index is 0.0495. The lowest BCUT2D eigenvalue weighted by atomic mass is 9.74. The first-order chi connectivity index (χ1) is 18.6. The van der Waals surface area contributed by atoms with E-state index in [4.69, 9.17) is 9.47 Å². The molecule has 0 aromatic heterocycles. The number of hydrogen-bond donors (Lipinski definition) is 0. The molecule has 2 aromatic carbocycles. The molecule has 1 heterocycles. The van der Waals surface area contributed by atoms with Crippen LogP contribution in [0.3, 0.4) is 0 Å². The fourth-order valence-electron chi connectivity index (χ4n) is 7.37. The van der Waals surface area contributed by atoms with Crippen molar-refractivity contribution in [2.75, 3.05) is 13.2 Å². The van der Waals surface area contributed by atoms with Crippen LogP contribution in [0, 0.1) is 29.5 Å². The molecular weight excluding hydrogens is 471 g/mol. The molecule has 1 saturated heterocycles. The first kappa shape index (κ1) is 27.8. The Hall–Kier alpha value is -1.71. The second-order valence-electron chi connectivity index (χ2n) is 12.5. The van der Waals surface area contributed by atoms with Crippen LogP contribution < -0.4 is 0 Å². The maximum atomic E-state index is 15.1. The number of hydrogen-bond acceptors (Lipinski definition) is 2. The second kappa shape index (κ2) is 13.6. The number of ether oxygens (including phenoxy) is 2. The Kier molecular flexibility index (Phi) is 9.95. The summed E-state index contributed by atoms with van der Waals surface area (Å²) in [5.41, 5.74) is 3.94. The minimum atomic E-state index is -0.289. The van der Waals surface area contributed by atoms with Crippen LogP contribution in [0.25, 0.3) is 11.1 Å². The number of unbranched alkanes of at least 4 members (excludes halogenated alkanes) is 2. The van der Waals surface area contributed by atoms with E-state index in [1.165, 1.54) is 70.6 Å². The Labute approximate surface area is 230 Å². The van der Waals surface area contributed by atoms with Gasteiger partial charge in [0, 0.05) is 11.5 Å².